The van der Waals surface area contributed by atoms with Crippen molar-refractivity contribution in [1.29, 1.82) is 0 Å². The number of nitrogens with one attached hydrogen (secondary N) is 1. The van der Waals surface area contributed by atoms with Gasteiger partial charge in [0.25, 0.3) is 0 Å². The molecule has 1 amide bonds. The highest BCUT2D eigenvalue weighted by Gasteiger charge is 2.16. The molecular weight excluding hydrogens is 338 g/mol. The van der Waals surface area contributed by atoms with E-state index in [4.69, 9.17) is 16.8 Å². The lowest BCUT2D eigenvalue weighted by atomic mass is 10.1. The molecule has 0 atom stereocenters. The van der Waals surface area contributed by atoms with Crippen molar-refractivity contribution in [3.05, 3.63) is 53.7 Å². The van der Waals surface area contributed by atoms with E-state index in [2.05, 4.69) is 9.55 Å². The molecule has 5 nitrogen and oxygen atoms in total. The number of pyridine rings is 1. The minimum Gasteiger partial charge on any atom is -0.339 e. The maximum atomic E-state index is 11.3. The smallest absolute Gasteiger partial charge is 0.243 e. The van der Waals surface area contributed by atoms with E-state index in [0.29, 0.717) is 18.1 Å². The number of carbonyl (C=O) groups excluding carboxylic acids is 1. The summed E-state index contributed by atoms with van der Waals surface area (Å²) in [6, 6.07) is 16.0. The summed E-state index contributed by atoms with van der Waals surface area (Å²) in [6.07, 6.45) is 0.862. The van der Waals surface area contributed by atoms with Gasteiger partial charge in [0.2, 0.25) is 5.91 Å². The average Bonchev–Trinajstić information content (AvgIpc) is 2.96. The fourth-order valence-electron chi connectivity index (χ4n) is 3.39. The molecule has 0 spiro atoms. The number of hydroxylamine groups is 1. The summed E-state index contributed by atoms with van der Waals surface area (Å²) >= 11 is 6.41. The van der Waals surface area contributed by atoms with Crippen LogP contribution in [0.3, 0.4) is 0 Å². The molecule has 2 aromatic heterocycles. The summed E-state index contributed by atoms with van der Waals surface area (Å²) < 4.78 is 2.18. The number of rotatable bonds is 4. The molecule has 25 heavy (non-hydrogen) atoms. The molecule has 0 saturated heterocycles. The molecule has 2 aromatic carbocycles. The zero-order chi connectivity index (χ0) is 17.4. The molecule has 0 saturated carbocycles. The van der Waals surface area contributed by atoms with Gasteiger partial charge >= 0.3 is 0 Å². The number of hydrogen-bond donors (Lipinski definition) is 2. The zero-order valence-corrected chi connectivity index (χ0v) is 14.1. The van der Waals surface area contributed by atoms with Crippen molar-refractivity contribution in [3.63, 3.8) is 0 Å². The number of hydrogen-bond acceptors (Lipinski definition) is 3. The minimum absolute atomic E-state index is 0.253. The van der Waals surface area contributed by atoms with E-state index in [1.807, 2.05) is 48.5 Å². The number of halogens is 1. The van der Waals surface area contributed by atoms with Crippen LogP contribution in [0.2, 0.25) is 5.15 Å². The molecule has 0 aliphatic carbocycles. The van der Waals surface area contributed by atoms with Crippen molar-refractivity contribution in [2.24, 2.45) is 0 Å². The zero-order valence-electron chi connectivity index (χ0n) is 13.4. The van der Waals surface area contributed by atoms with E-state index in [-0.39, 0.29) is 12.3 Å². The van der Waals surface area contributed by atoms with E-state index in [1.165, 1.54) is 0 Å². The Balaban J connectivity index is 1.97. The lowest BCUT2D eigenvalue weighted by Crippen LogP contribution is -2.18. The van der Waals surface area contributed by atoms with E-state index in [1.54, 1.807) is 5.48 Å². The van der Waals surface area contributed by atoms with Gasteiger partial charge in [-0.15, -0.1) is 0 Å². The SMILES string of the molecule is O=C(CCCn1c2ccccc2c2nc(Cl)c3ccccc3c21)NO. The van der Waals surface area contributed by atoms with Gasteiger partial charge < -0.3 is 4.57 Å². The molecule has 126 valence electrons. The van der Waals surface area contributed by atoms with Gasteiger partial charge in [-0.25, -0.2) is 10.5 Å². The highest BCUT2D eigenvalue weighted by Crippen LogP contribution is 2.35. The fourth-order valence-corrected chi connectivity index (χ4v) is 3.63. The van der Waals surface area contributed by atoms with Crippen molar-refractivity contribution < 1.29 is 10.0 Å². The minimum atomic E-state index is -0.383. The Morgan fingerprint density at radius 2 is 1.76 bits per heavy atom. The molecule has 2 N–H and O–H groups in total. The molecule has 4 rings (SSSR count). The molecule has 0 aliphatic rings. The van der Waals surface area contributed by atoms with Gasteiger partial charge in [0.1, 0.15) is 5.15 Å². The van der Waals surface area contributed by atoms with Crippen molar-refractivity contribution in [3.8, 4) is 0 Å². The van der Waals surface area contributed by atoms with Gasteiger partial charge in [-0.3, -0.25) is 10.0 Å². The Kier molecular flexibility index (Phi) is 4.03. The topological polar surface area (TPSA) is 67.2 Å². The first-order chi connectivity index (χ1) is 12.2. The van der Waals surface area contributed by atoms with Gasteiger partial charge in [0, 0.05) is 29.1 Å². The predicted molar refractivity (Wildman–Crippen MR) is 98.9 cm³/mol. The second-order valence-corrected chi connectivity index (χ2v) is 6.31. The summed E-state index contributed by atoms with van der Waals surface area (Å²) in [5.74, 6) is -0.383. The van der Waals surface area contributed by atoms with Gasteiger partial charge in [-0.05, 0) is 12.5 Å². The number of benzene rings is 2. The standard InChI is InChI=1S/C19H16ClN3O2/c20-19-13-7-2-1-6-12(13)18-17(21-19)14-8-3-4-9-15(14)23(18)11-5-10-16(24)22-25/h1-4,6-9,25H,5,10-11H2,(H,22,24). The first-order valence-corrected chi connectivity index (χ1v) is 8.46. The van der Waals surface area contributed by atoms with Crippen molar-refractivity contribution in [1.82, 2.24) is 15.0 Å². The lowest BCUT2D eigenvalue weighted by Gasteiger charge is -2.09. The van der Waals surface area contributed by atoms with Crippen molar-refractivity contribution in [2.75, 3.05) is 0 Å². The van der Waals surface area contributed by atoms with Crippen LogP contribution in [0.5, 0.6) is 0 Å². The average molecular weight is 354 g/mol. The number of nitrogens with zero attached hydrogens (tertiary/aromatic N) is 2. The monoisotopic (exact) mass is 353 g/mol. The van der Waals surface area contributed by atoms with Gasteiger partial charge in [-0.2, -0.15) is 0 Å². The van der Waals surface area contributed by atoms with Crippen LogP contribution in [0.1, 0.15) is 12.8 Å². The maximum Gasteiger partial charge on any atom is 0.243 e. The first-order valence-electron chi connectivity index (χ1n) is 8.09. The summed E-state index contributed by atoms with van der Waals surface area (Å²) in [5, 5.41) is 12.2. The Morgan fingerprint density at radius 1 is 1.08 bits per heavy atom. The normalized spacial score (nSPS) is 11.4. The molecule has 4 aromatic rings. The summed E-state index contributed by atoms with van der Waals surface area (Å²) in [7, 11) is 0. The fraction of sp³-hybridized carbons (Fsp3) is 0.158. The molecule has 0 bridgehead atoms. The molecule has 2 heterocycles. The van der Waals surface area contributed by atoms with Crippen LogP contribution in [0.25, 0.3) is 32.7 Å². The highest BCUT2D eigenvalue weighted by atomic mass is 35.5. The molecule has 6 heteroatoms. The van der Waals surface area contributed by atoms with Crippen LogP contribution in [0, 0.1) is 0 Å². The second kappa shape index (κ2) is 6.35. The van der Waals surface area contributed by atoms with Crippen molar-refractivity contribution >= 4 is 50.2 Å². The third-order valence-electron chi connectivity index (χ3n) is 4.47. The van der Waals surface area contributed by atoms with Gasteiger partial charge in [0.05, 0.1) is 16.6 Å². The quantitative estimate of drug-likeness (QED) is 0.327. The molecule has 0 unspecified atom stereocenters. The highest BCUT2D eigenvalue weighted by molar-refractivity contribution is 6.36. The summed E-state index contributed by atoms with van der Waals surface area (Å²) in [6.45, 7) is 0.644. The lowest BCUT2D eigenvalue weighted by molar-refractivity contribution is -0.129. The molecule has 0 radical (unpaired) electrons. The summed E-state index contributed by atoms with van der Waals surface area (Å²) in [5.41, 5.74) is 4.62. The predicted octanol–water partition coefficient (Wildman–Crippen LogP) is 4.28. The van der Waals surface area contributed by atoms with Crippen LogP contribution in [0.4, 0.5) is 0 Å². The third kappa shape index (κ3) is 2.62. The maximum absolute atomic E-state index is 11.3. The number of para-hydroxylation sites is 1. The third-order valence-corrected chi connectivity index (χ3v) is 4.76. The number of amides is 1. The molecule has 0 aliphatic heterocycles. The van der Waals surface area contributed by atoms with E-state index >= 15 is 0 Å². The second-order valence-electron chi connectivity index (χ2n) is 5.95. The van der Waals surface area contributed by atoms with Crippen LogP contribution in [-0.4, -0.2) is 20.7 Å². The molecular formula is C19H16ClN3O2. The van der Waals surface area contributed by atoms with Crippen LogP contribution >= 0.6 is 11.6 Å². The largest absolute Gasteiger partial charge is 0.339 e. The molecule has 0 fully saturated rings. The van der Waals surface area contributed by atoms with E-state index in [0.717, 1.165) is 32.7 Å². The Labute approximate surface area is 148 Å². The van der Waals surface area contributed by atoms with Gasteiger partial charge in [-0.1, -0.05) is 54.1 Å². The first kappa shape index (κ1) is 15.9. The van der Waals surface area contributed by atoms with E-state index < -0.39 is 0 Å². The Hall–Kier alpha value is -2.63. The summed E-state index contributed by atoms with van der Waals surface area (Å²) in [4.78, 5) is 16.0. The van der Waals surface area contributed by atoms with Gasteiger partial charge in [0.15, 0.2) is 0 Å². The Bertz CT molecular complexity index is 1100. The van der Waals surface area contributed by atoms with Crippen molar-refractivity contribution in [2.45, 2.75) is 19.4 Å². The van der Waals surface area contributed by atoms with Crippen LogP contribution in [-0.2, 0) is 11.3 Å². The van der Waals surface area contributed by atoms with E-state index in [9.17, 15) is 4.79 Å². The number of aryl methyl sites for hydroxylation is 1. The number of carbonyl (C=O) groups is 1. The van der Waals surface area contributed by atoms with Crippen LogP contribution in [0.15, 0.2) is 48.5 Å². The van der Waals surface area contributed by atoms with Crippen LogP contribution < -0.4 is 5.48 Å². The number of aromatic nitrogens is 2. The number of fused-ring (bicyclic) bond motifs is 5. The Morgan fingerprint density at radius 3 is 2.52 bits per heavy atom.